The van der Waals surface area contributed by atoms with Crippen molar-refractivity contribution < 1.29 is 9.66 Å². The van der Waals surface area contributed by atoms with Gasteiger partial charge in [0, 0.05) is 17.2 Å². The minimum absolute atomic E-state index is 0.0693. The average Bonchev–Trinajstić information content (AvgIpc) is 2.37. The summed E-state index contributed by atoms with van der Waals surface area (Å²) in [5.41, 5.74) is 0.821. The fourth-order valence-corrected chi connectivity index (χ4v) is 1.95. The minimum Gasteiger partial charge on any atom is -0.487 e. The first-order valence-electron chi connectivity index (χ1n) is 5.37. The Kier molecular flexibility index (Phi) is 4.24. The predicted molar refractivity (Wildman–Crippen MR) is 73.9 cm³/mol. The monoisotopic (exact) mass is 297 g/mol. The van der Waals surface area contributed by atoms with Crippen molar-refractivity contribution in [2.45, 2.75) is 6.61 Å². The van der Waals surface area contributed by atoms with Crippen molar-refractivity contribution >= 4 is 28.9 Å². The lowest BCUT2D eigenvalue weighted by molar-refractivity contribution is -0.384. The van der Waals surface area contributed by atoms with Crippen LogP contribution < -0.4 is 4.74 Å². The molecule has 0 spiro atoms. The number of non-ortho nitro benzene ring substituents is 1. The second kappa shape index (κ2) is 5.91. The second-order valence-electron chi connectivity index (χ2n) is 3.79. The molecule has 0 radical (unpaired) electrons. The molecule has 4 nitrogen and oxygen atoms in total. The molecule has 19 heavy (non-hydrogen) atoms. The van der Waals surface area contributed by atoms with Crippen molar-refractivity contribution in [3.8, 4) is 5.75 Å². The third-order valence-electron chi connectivity index (χ3n) is 2.41. The van der Waals surface area contributed by atoms with Crippen molar-refractivity contribution in [1.29, 1.82) is 0 Å². The summed E-state index contributed by atoms with van der Waals surface area (Å²) in [7, 11) is 0. The van der Waals surface area contributed by atoms with Gasteiger partial charge in [-0.15, -0.1) is 0 Å². The zero-order valence-electron chi connectivity index (χ0n) is 9.68. The van der Waals surface area contributed by atoms with Crippen LogP contribution in [0, 0.1) is 10.1 Å². The van der Waals surface area contributed by atoms with E-state index in [0.717, 1.165) is 5.56 Å². The second-order valence-corrected chi connectivity index (χ2v) is 4.63. The molecule has 0 aromatic heterocycles. The van der Waals surface area contributed by atoms with Gasteiger partial charge in [0.25, 0.3) is 5.69 Å². The van der Waals surface area contributed by atoms with Crippen molar-refractivity contribution in [3.63, 3.8) is 0 Å². The fraction of sp³-hybridized carbons (Fsp3) is 0.0769. The van der Waals surface area contributed by atoms with Crippen LogP contribution in [0.2, 0.25) is 10.0 Å². The van der Waals surface area contributed by atoms with Gasteiger partial charge in [0.2, 0.25) is 0 Å². The molecular formula is C13H9Cl2NO3. The normalized spacial score (nSPS) is 10.2. The standard InChI is InChI=1S/C13H9Cl2NO3/c14-10-3-1-2-9(6-10)8-19-13-5-4-11(16(17)18)7-12(13)15/h1-7H,8H2. The molecular weight excluding hydrogens is 289 g/mol. The molecule has 0 bridgehead atoms. The molecule has 0 amide bonds. The van der Waals surface area contributed by atoms with Gasteiger partial charge in [-0.1, -0.05) is 35.3 Å². The van der Waals surface area contributed by atoms with E-state index in [-0.39, 0.29) is 17.3 Å². The van der Waals surface area contributed by atoms with Crippen molar-refractivity contribution in [2.24, 2.45) is 0 Å². The molecule has 0 heterocycles. The number of benzene rings is 2. The average molecular weight is 298 g/mol. The number of ether oxygens (including phenoxy) is 1. The Morgan fingerprint density at radius 3 is 2.58 bits per heavy atom. The molecule has 0 saturated carbocycles. The molecule has 0 aliphatic carbocycles. The highest BCUT2D eigenvalue weighted by molar-refractivity contribution is 6.32. The Balaban J connectivity index is 2.10. The van der Waals surface area contributed by atoms with Crippen LogP contribution in [-0.2, 0) is 6.61 Å². The molecule has 0 fully saturated rings. The van der Waals surface area contributed by atoms with Crippen LogP contribution in [0.25, 0.3) is 0 Å². The van der Waals surface area contributed by atoms with Crippen LogP contribution in [0.4, 0.5) is 5.69 Å². The van der Waals surface area contributed by atoms with Gasteiger partial charge in [0.05, 0.1) is 9.95 Å². The molecule has 0 unspecified atom stereocenters. The number of rotatable bonds is 4. The Morgan fingerprint density at radius 2 is 1.95 bits per heavy atom. The lowest BCUT2D eigenvalue weighted by Crippen LogP contribution is -1.96. The van der Waals surface area contributed by atoms with E-state index < -0.39 is 4.92 Å². The Labute approximate surface area is 119 Å². The SMILES string of the molecule is O=[N+]([O-])c1ccc(OCc2cccc(Cl)c2)c(Cl)c1. The summed E-state index contributed by atoms with van der Waals surface area (Å²) in [6.07, 6.45) is 0. The maximum absolute atomic E-state index is 10.6. The highest BCUT2D eigenvalue weighted by Gasteiger charge is 2.10. The number of nitro benzene ring substituents is 1. The first-order valence-corrected chi connectivity index (χ1v) is 6.13. The summed E-state index contributed by atoms with van der Waals surface area (Å²) in [6, 6.07) is 11.3. The maximum Gasteiger partial charge on any atom is 0.271 e. The number of nitro groups is 1. The van der Waals surface area contributed by atoms with Gasteiger partial charge in [-0.2, -0.15) is 0 Å². The first-order chi connectivity index (χ1) is 9.06. The Bertz CT molecular complexity index is 617. The Hall–Kier alpha value is -1.78. The first kappa shape index (κ1) is 13.6. The summed E-state index contributed by atoms with van der Waals surface area (Å²) in [5, 5.41) is 11.4. The summed E-state index contributed by atoms with van der Waals surface area (Å²) >= 11 is 11.8. The summed E-state index contributed by atoms with van der Waals surface area (Å²) in [4.78, 5) is 10.1. The number of nitrogens with zero attached hydrogens (tertiary/aromatic N) is 1. The summed E-state index contributed by atoms with van der Waals surface area (Å²) in [6.45, 7) is 0.290. The summed E-state index contributed by atoms with van der Waals surface area (Å²) < 4.78 is 5.50. The Morgan fingerprint density at radius 1 is 1.16 bits per heavy atom. The zero-order chi connectivity index (χ0) is 13.8. The number of halogens is 2. The van der Waals surface area contributed by atoms with Crippen molar-refractivity contribution in [1.82, 2.24) is 0 Å². The smallest absolute Gasteiger partial charge is 0.271 e. The van der Waals surface area contributed by atoms with Gasteiger partial charge in [0.1, 0.15) is 12.4 Å². The molecule has 2 aromatic rings. The largest absolute Gasteiger partial charge is 0.487 e. The molecule has 98 valence electrons. The van der Waals surface area contributed by atoms with Crippen LogP contribution in [0.15, 0.2) is 42.5 Å². The molecule has 2 aromatic carbocycles. The lowest BCUT2D eigenvalue weighted by atomic mass is 10.2. The van der Waals surface area contributed by atoms with E-state index in [4.69, 9.17) is 27.9 Å². The van der Waals surface area contributed by atoms with Crippen LogP contribution >= 0.6 is 23.2 Å². The van der Waals surface area contributed by atoms with E-state index in [2.05, 4.69) is 0 Å². The molecule has 0 atom stereocenters. The maximum atomic E-state index is 10.6. The molecule has 0 saturated heterocycles. The van der Waals surface area contributed by atoms with Gasteiger partial charge in [-0.25, -0.2) is 0 Å². The van der Waals surface area contributed by atoms with E-state index in [9.17, 15) is 10.1 Å². The number of hydrogen-bond acceptors (Lipinski definition) is 3. The van der Waals surface area contributed by atoms with Crippen LogP contribution in [0.1, 0.15) is 5.56 Å². The topological polar surface area (TPSA) is 52.4 Å². The van der Waals surface area contributed by atoms with Gasteiger partial charge < -0.3 is 4.74 Å². The van der Waals surface area contributed by atoms with Gasteiger partial charge in [0.15, 0.2) is 0 Å². The van der Waals surface area contributed by atoms with Crippen molar-refractivity contribution in [3.05, 3.63) is 68.2 Å². The molecule has 0 aliphatic heterocycles. The van der Waals surface area contributed by atoms with Crippen molar-refractivity contribution in [2.75, 3.05) is 0 Å². The van der Waals surface area contributed by atoms with Gasteiger partial charge >= 0.3 is 0 Å². The lowest BCUT2D eigenvalue weighted by Gasteiger charge is -2.08. The summed E-state index contributed by atoms with van der Waals surface area (Å²) in [5.74, 6) is 0.396. The molecule has 2 rings (SSSR count). The third kappa shape index (κ3) is 3.59. The quantitative estimate of drug-likeness (QED) is 0.617. The van der Waals surface area contributed by atoms with E-state index in [1.165, 1.54) is 18.2 Å². The fourth-order valence-electron chi connectivity index (χ4n) is 1.51. The van der Waals surface area contributed by atoms with Crippen LogP contribution in [-0.4, -0.2) is 4.92 Å². The molecule has 0 aliphatic rings. The van der Waals surface area contributed by atoms with Gasteiger partial charge in [-0.3, -0.25) is 10.1 Å². The zero-order valence-corrected chi connectivity index (χ0v) is 11.2. The van der Waals surface area contributed by atoms with E-state index in [1.807, 2.05) is 12.1 Å². The minimum atomic E-state index is -0.507. The van der Waals surface area contributed by atoms with Gasteiger partial charge in [-0.05, 0) is 23.8 Å². The highest BCUT2D eigenvalue weighted by atomic mass is 35.5. The van der Waals surface area contributed by atoms with E-state index >= 15 is 0 Å². The number of hydrogen-bond donors (Lipinski definition) is 0. The predicted octanol–water partition coefficient (Wildman–Crippen LogP) is 4.48. The van der Waals surface area contributed by atoms with Crippen LogP contribution in [0.3, 0.4) is 0 Å². The molecule has 6 heteroatoms. The third-order valence-corrected chi connectivity index (χ3v) is 2.94. The van der Waals surface area contributed by atoms with E-state index in [1.54, 1.807) is 12.1 Å². The van der Waals surface area contributed by atoms with E-state index in [0.29, 0.717) is 10.8 Å². The molecule has 0 N–H and O–H groups in total. The van der Waals surface area contributed by atoms with Crippen LogP contribution in [0.5, 0.6) is 5.75 Å². The highest BCUT2D eigenvalue weighted by Crippen LogP contribution is 2.29.